The maximum atomic E-state index is 10.4. The number of nitrogen functional groups attached to an aromatic ring is 2. The Morgan fingerprint density at radius 2 is 0.698 bits per heavy atom. The van der Waals surface area contributed by atoms with Gasteiger partial charge in [-0.15, -0.1) is 0 Å². The Hall–Kier alpha value is -11.5. The van der Waals surface area contributed by atoms with E-state index >= 15 is 0 Å². The number of nitrogens with zero attached hydrogens (tertiary/aromatic N) is 7. The van der Waals surface area contributed by atoms with Crippen molar-refractivity contribution in [3.05, 3.63) is 166 Å². The zero-order valence-corrected chi connectivity index (χ0v) is 32.7. The highest BCUT2D eigenvalue weighted by Gasteiger charge is 1.99. The van der Waals surface area contributed by atoms with Gasteiger partial charge in [0.1, 0.15) is 0 Å². The summed E-state index contributed by atoms with van der Waals surface area (Å²) in [5.74, 6) is 33.4. The van der Waals surface area contributed by atoms with Crippen molar-refractivity contribution in [2.45, 2.75) is 0 Å². The van der Waals surface area contributed by atoms with Gasteiger partial charge in [0.05, 0.1) is 5.56 Å². The van der Waals surface area contributed by atoms with Crippen LogP contribution in [0.15, 0.2) is 121 Å². The molecule has 0 amide bonds. The minimum Gasteiger partial charge on any atom is -0.478 e. The average Bonchev–Trinajstić information content (AvgIpc) is 3.31. The van der Waals surface area contributed by atoms with Crippen LogP contribution < -0.4 is 11.5 Å². The molecule has 0 aromatic heterocycles. The van der Waals surface area contributed by atoms with Crippen molar-refractivity contribution in [1.82, 2.24) is 0 Å². The van der Waals surface area contributed by atoms with E-state index in [-0.39, 0.29) is 5.56 Å². The van der Waals surface area contributed by atoms with E-state index in [9.17, 15) is 4.79 Å². The highest BCUT2D eigenvalue weighted by atomic mass is 16.4. The van der Waals surface area contributed by atoms with Gasteiger partial charge in [-0.25, -0.2) is 4.79 Å². The summed E-state index contributed by atoms with van der Waals surface area (Å²) >= 11 is 0. The highest BCUT2D eigenvalue weighted by molar-refractivity contribution is 5.87. The van der Waals surface area contributed by atoms with Crippen molar-refractivity contribution in [3.8, 4) is 125 Å². The first-order valence-electron chi connectivity index (χ1n) is 17.2. The van der Waals surface area contributed by atoms with Crippen LogP contribution in [0.1, 0.15) is 49.3 Å². The van der Waals surface area contributed by atoms with Gasteiger partial charge in [-0.3, -0.25) is 0 Å². The maximum absolute atomic E-state index is 10.4. The van der Waals surface area contributed by atoms with Gasteiger partial charge in [0.25, 0.3) is 0 Å². The maximum Gasteiger partial charge on any atom is 0.335 e. The Kier molecular flexibility index (Phi) is 24.9. The van der Waals surface area contributed by atoms with Crippen LogP contribution in [0, 0.1) is 162 Å². The number of hydrogen-bond acceptors (Lipinski definition) is 10. The van der Waals surface area contributed by atoms with E-state index in [1.165, 1.54) is 12.1 Å². The van der Waals surface area contributed by atoms with Gasteiger partial charge in [-0.1, -0.05) is 53.7 Å². The fourth-order valence-electron chi connectivity index (χ4n) is 3.88. The molecule has 0 aliphatic heterocycles. The summed E-state index contributed by atoms with van der Waals surface area (Å²) in [6.45, 7) is 0. The third kappa shape index (κ3) is 23.3. The Morgan fingerprint density at radius 3 is 1.05 bits per heavy atom. The van der Waals surface area contributed by atoms with Gasteiger partial charge in [0.2, 0.25) is 0 Å². The lowest BCUT2D eigenvalue weighted by molar-refractivity contribution is 0.0697. The number of para-hydroxylation sites is 1. The molecular weight excluding hydrogens is 783 g/mol. The third-order valence-corrected chi connectivity index (χ3v) is 6.58. The molecule has 5 rings (SSSR count). The topological polar surface area (TPSA) is 256 Å². The molecule has 0 fully saturated rings. The molecule has 0 radical (unpaired) electrons. The lowest BCUT2D eigenvalue weighted by Gasteiger charge is -1.93. The van der Waals surface area contributed by atoms with Crippen LogP contribution >= 0.6 is 0 Å². The molecule has 0 spiro atoms. The molecule has 0 atom stereocenters. The number of anilines is 2. The molecule has 11 nitrogen and oxygen atoms in total. The van der Waals surface area contributed by atoms with Crippen LogP contribution in [-0.4, -0.2) is 11.1 Å². The van der Waals surface area contributed by atoms with E-state index < -0.39 is 5.97 Å². The minimum atomic E-state index is -0.972. The van der Waals surface area contributed by atoms with E-state index in [1.807, 2.05) is 12.1 Å². The quantitative estimate of drug-likeness (QED) is 0.123. The van der Waals surface area contributed by atoms with Crippen molar-refractivity contribution in [2.75, 3.05) is 11.5 Å². The van der Waals surface area contributed by atoms with Gasteiger partial charge >= 0.3 is 5.97 Å². The van der Waals surface area contributed by atoms with Gasteiger partial charge in [-0.05, 0) is 109 Å². The van der Waals surface area contributed by atoms with Crippen molar-refractivity contribution >= 4 is 17.3 Å². The molecule has 5 aromatic carbocycles. The molecule has 0 saturated heterocycles. The molecule has 63 heavy (non-hydrogen) atoms. The average molecular weight is 808 g/mol. The van der Waals surface area contributed by atoms with Gasteiger partial charge in [-0.2, -0.15) is 36.8 Å². The van der Waals surface area contributed by atoms with Crippen LogP contribution in [0.2, 0.25) is 0 Å². The normalized spacial score (nSPS) is 7.25. The van der Waals surface area contributed by atoms with Crippen LogP contribution in [0.3, 0.4) is 0 Å². The number of carboxylic acid groups (broad SMARTS) is 1. The number of hydrogen-bond donors (Lipinski definition) is 3. The largest absolute Gasteiger partial charge is 0.478 e. The summed E-state index contributed by atoms with van der Waals surface area (Å²) in [4.78, 5) is 10.4. The summed E-state index contributed by atoms with van der Waals surface area (Å²) in [5.41, 5.74) is 17.6. The molecule has 0 unspecified atom stereocenters. The van der Waals surface area contributed by atoms with Gasteiger partial charge in [0, 0.05) is 91.8 Å². The summed E-state index contributed by atoms with van der Waals surface area (Å²) < 4.78 is 0. The summed E-state index contributed by atoms with van der Waals surface area (Å²) in [6, 6.07) is 46.4. The first-order valence-corrected chi connectivity index (χ1v) is 17.2. The Balaban J connectivity index is 0.000000395. The minimum absolute atomic E-state index is 0.211. The number of rotatable bonds is 1. The monoisotopic (exact) mass is 807 g/mol. The number of aromatic carboxylic acids is 1. The van der Waals surface area contributed by atoms with Gasteiger partial charge in [0.15, 0.2) is 42.5 Å². The Labute approximate surface area is 365 Å². The van der Waals surface area contributed by atoms with Crippen LogP contribution in [0.25, 0.3) is 0 Å². The molecule has 0 heterocycles. The predicted molar refractivity (Wildman–Crippen MR) is 235 cm³/mol. The molecule has 5 N–H and O–H groups in total. The van der Waals surface area contributed by atoms with E-state index in [1.54, 1.807) is 140 Å². The molecule has 5 aromatic rings. The summed E-state index contributed by atoms with van der Waals surface area (Å²) in [5, 5.41) is 65.9. The number of nitrogens with two attached hydrogens (primary N) is 2. The standard InChI is InChI=1S/2C12H4N2.C10H5NO2.2C9H6N2/c13-8-2-6-11-4-1-5-12(10-11)7-3-9-14;13-9-1-3-11-5-7-12(8-6-11)4-2-10-14;11-7-1-2-8-3-5-9(6-4-8)10(12)13;10-7-1-2-8-3-5-9(11)6-4-8;10-7-3-5-8-4-1-2-6-9(8)11/h1,4-5,10H;5-8H;3-6H,(H,12,13);3-6H,11H2;1-2,4,6H,11H2. The molecule has 0 aliphatic rings. The fraction of sp³-hybridized carbons (Fsp3) is 0. The lowest BCUT2D eigenvalue weighted by atomic mass is 10.1. The van der Waals surface area contributed by atoms with Crippen molar-refractivity contribution in [3.63, 3.8) is 0 Å². The van der Waals surface area contributed by atoms with E-state index in [2.05, 4.69) is 82.9 Å². The zero-order valence-electron chi connectivity index (χ0n) is 32.7. The number of benzene rings is 5. The van der Waals surface area contributed by atoms with E-state index in [0.717, 1.165) is 27.8 Å². The summed E-state index contributed by atoms with van der Waals surface area (Å²) in [6.07, 6.45) is 0. The summed E-state index contributed by atoms with van der Waals surface area (Å²) in [7, 11) is 0. The SMILES string of the molecule is N#CC#Cc1ccc(C#CC#N)cc1.N#CC#Cc1ccc(C(=O)O)cc1.N#CC#Cc1ccc(N)cc1.N#CC#Cc1cccc(C#CC#N)c1.N#CC#Cc1ccccc1N. The number of carbonyl (C=O) groups is 1. The van der Waals surface area contributed by atoms with Crippen molar-refractivity contribution < 1.29 is 9.90 Å². The smallest absolute Gasteiger partial charge is 0.335 e. The molecule has 0 saturated carbocycles. The highest BCUT2D eigenvalue weighted by Crippen LogP contribution is 2.08. The molecule has 0 aliphatic carbocycles. The van der Waals surface area contributed by atoms with Gasteiger partial charge < -0.3 is 16.6 Å². The lowest BCUT2D eigenvalue weighted by Crippen LogP contribution is -1.94. The molecule has 0 bridgehead atoms. The van der Waals surface area contributed by atoms with E-state index in [4.69, 9.17) is 53.4 Å². The molecule has 11 heteroatoms. The van der Waals surface area contributed by atoms with Crippen LogP contribution in [0.4, 0.5) is 11.4 Å². The second-order valence-electron chi connectivity index (χ2n) is 10.8. The Bertz CT molecular complexity index is 3070. The number of carboxylic acids is 1. The van der Waals surface area contributed by atoms with Crippen LogP contribution in [0.5, 0.6) is 0 Å². The second-order valence-corrected chi connectivity index (χ2v) is 10.8. The third-order valence-electron chi connectivity index (χ3n) is 6.58. The predicted octanol–water partition coefficient (Wildman–Crippen LogP) is 6.42. The fourth-order valence-corrected chi connectivity index (χ4v) is 3.88. The zero-order chi connectivity index (χ0) is 46.3. The second kappa shape index (κ2) is 31.7. The first kappa shape index (κ1) is 49.5. The molecule has 290 valence electrons. The molecular formula is C52H25N9O2. The Morgan fingerprint density at radius 1 is 0.381 bits per heavy atom. The van der Waals surface area contributed by atoms with E-state index in [0.29, 0.717) is 22.5 Å². The number of nitriles is 7. The first-order chi connectivity index (χ1) is 30.6. The van der Waals surface area contributed by atoms with Crippen LogP contribution in [-0.2, 0) is 0 Å². The van der Waals surface area contributed by atoms with Crippen molar-refractivity contribution in [2.24, 2.45) is 0 Å². The van der Waals surface area contributed by atoms with Crippen molar-refractivity contribution in [1.29, 1.82) is 36.8 Å².